The van der Waals surface area contributed by atoms with Crippen molar-refractivity contribution in [3.8, 4) is 11.5 Å². The third-order valence-electron chi connectivity index (χ3n) is 2.65. The highest BCUT2D eigenvalue weighted by Gasteiger charge is 2.36. The van der Waals surface area contributed by atoms with Crippen LogP contribution in [-0.2, 0) is 0 Å². The summed E-state index contributed by atoms with van der Waals surface area (Å²) < 4.78 is 0. The van der Waals surface area contributed by atoms with Gasteiger partial charge in [-0.15, -0.1) is 0 Å². The summed E-state index contributed by atoms with van der Waals surface area (Å²) in [5.74, 6) is -1.75. The van der Waals surface area contributed by atoms with Crippen molar-refractivity contribution in [2.75, 3.05) is 13.1 Å². The first-order valence-corrected chi connectivity index (χ1v) is 5.18. The Kier molecular flexibility index (Phi) is 2.72. The Bertz CT molecular complexity index is 457. The van der Waals surface area contributed by atoms with E-state index in [0.29, 0.717) is 13.0 Å². The van der Waals surface area contributed by atoms with Crippen molar-refractivity contribution in [2.24, 2.45) is 5.73 Å². The number of amides is 2. The van der Waals surface area contributed by atoms with Crippen molar-refractivity contribution in [3.63, 3.8) is 0 Å². The van der Waals surface area contributed by atoms with E-state index in [1.165, 1.54) is 0 Å². The largest absolute Gasteiger partial charge is 0.504 e. The first-order chi connectivity index (χ1) is 8.06. The van der Waals surface area contributed by atoms with Crippen LogP contribution in [0.4, 0.5) is 0 Å². The van der Waals surface area contributed by atoms with Crippen LogP contribution in [0, 0.1) is 0 Å². The summed E-state index contributed by atoms with van der Waals surface area (Å²) in [6, 6.07) is 2.21. The number of carbonyl (C=O) groups excluding carboxylic acids is 2. The number of benzene rings is 1. The molecule has 0 fully saturated rings. The van der Waals surface area contributed by atoms with Gasteiger partial charge in [0, 0.05) is 6.54 Å². The number of imide groups is 1. The molecule has 1 heterocycles. The second-order valence-electron chi connectivity index (χ2n) is 3.79. The van der Waals surface area contributed by atoms with E-state index in [2.05, 4.69) is 0 Å². The molecule has 0 spiro atoms. The van der Waals surface area contributed by atoms with Crippen molar-refractivity contribution in [1.82, 2.24) is 4.90 Å². The number of phenolic OH excluding ortho intramolecular Hbond substituents is 2. The molecule has 1 aliphatic heterocycles. The maximum Gasteiger partial charge on any atom is 0.261 e. The van der Waals surface area contributed by atoms with Gasteiger partial charge in [-0.1, -0.05) is 0 Å². The van der Waals surface area contributed by atoms with E-state index in [4.69, 9.17) is 5.73 Å². The highest BCUT2D eigenvalue weighted by molar-refractivity contribution is 6.21. The average molecular weight is 236 g/mol. The maximum absolute atomic E-state index is 11.8. The molecule has 1 aliphatic rings. The third kappa shape index (κ3) is 1.72. The van der Waals surface area contributed by atoms with Gasteiger partial charge in [0.05, 0.1) is 11.1 Å². The van der Waals surface area contributed by atoms with Gasteiger partial charge in [0.25, 0.3) is 11.8 Å². The van der Waals surface area contributed by atoms with Gasteiger partial charge in [-0.25, -0.2) is 0 Å². The first-order valence-electron chi connectivity index (χ1n) is 5.18. The Morgan fingerprint density at radius 2 is 1.53 bits per heavy atom. The molecule has 1 aromatic rings. The van der Waals surface area contributed by atoms with E-state index in [1.807, 2.05) is 0 Å². The number of carbonyl (C=O) groups is 2. The Balaban J connectivity index is 2.39. The quantitative estimate of drug-likeness (QED) is 0.508. The molecule has 0 unspecified atom stereocenters. The minimum Gasteiger partial charge on any atom is -0.504 e. The summed E-state index contributed by atoms with van der Waals surface area (Å²) >= 11 is 0. The standard InChI is InChI=1S/C11H12N2O4/c12-2-1-3-13-10(16)6-4-8(14)9(15)5-7(6)11(13)17/h4-5,14-15H,1-3,12H2. The number of phenols is 2. The van der Waals surface area contributed by atoms with Gasteiger partial charge >= 0.3 is 0 Å². The lowest BCUT2D eigenvalue weighted by molar-refractivity contribution is 0.0653. The highest BCUT2D eigenvalue weighted by Crippen LogP contribution is 2.33. The normalized spacial score (nSPS) is 14.3. The zero-order valence-electron chi connectivity index (χ0n) is 9.01. The first kappa shape index (κ1) is 11.4. The lowest BCUT2D eigenvalue weighted by Crippen LogP contribution is -2.31. The van der Waals surface area contributed by atoms with Crippen molar-refractivity contribution < 1.29 is 19.8 Å². The molecule has 90 valence electrons. The fourth-order valence-corrected chi connectivity index (χ4v) is 1.77. The molecule has 6 heteroatoms. The summed E-state index contributed by atoms with van der Waals surface area (Å²) in [5, 5.41) is 18.6. The van der Waals surface area contributed by atoms with E-state index < -0.39 is 23.3 Å². The Morgan fingerprint density at radius 1 is 1.06 bits per heavy atom. The second-order valence-corrected chi connectivity index (χ2v) is 3.79. The lowest BCUT2D eigenvalue weighted by atomic mass is 10.1. The molecule has 0 atom stereocenters. The zero-order chi connectivity index (χ0) is 12.6. The van der Waals surface area contributed by atoms with Crippen LogP contribution in [0.2, 0.25) is 0 Å². The second kappa shape index (κ2) is 4.06. The summed E-state index contributed by atoms with van der Waals surface area (Å²) in [5.41, 5.74) is 5.55. The molecule has 0 aromatic heterocycles. The molecule has 0 saturated carbocycles. The fourth-order valence-electron chi connectivity index (χ4n) is 1.77. The van der Waals surface area contributed by atoms with Crippen molar-refractivity contribution in [1.29, 1.82) is 0 Å². The van der Waals surface area contributed by atoms with E-state index in [9.17, 15) is 19.8 Å². The molecule has 0 saturated heterocycles. The van der Waals surface area contributed by atoms with Crippen molar-refractivity contribution in [2.45, 2.75) is 6.42 Å². The average Bonchev–Trinajstić information content (AvgIpc) is 2.51. The van der Waals surface area contributed by atoms with E-state index in [1.54, 1.807) is 0 Å². The van der Waals surface area contributed by atoms with Crippen LogP contribution in [0.5, 0.6) is 11.5 Å². The Morgan fingerprint density at radius 3 is 1.94 bits per heavy atom. The van der Waals surface area contributed by atoms with E-state index in [-0.39, 0.29) is 17.7 Å². The molecule has 6 nitrogen and oxygen atoms in total. The summed E-state index contributed by atoms with van der Waals surface area (Å²) in [6.07, 6.45) is 0.517. The van der Waals surface area contributed by atoms with Crippen LogP contribution in [0.15, 0.2) is 12.1 Å². The lowest BCUT2D eigenvalue weighted by Gasteiger charge is -2.12. The number of rotatable bonds is 3. The summed E-state index contributed by atoms with van der Waals surface area (Å²) in [4.78, 5) is 24.8. The maximum atomic E-state index is 11.8. The third-order valence-corrected chi connectivity index (χ3v) is 2.65. The van der Waals surface area contributed by atoms with E-state index >= 15 is 0 Å². The Labute approximate surface area is 97.3 Å². The minimum atomic E-state index is -0.464. The molecule has 2 amide bonds. The van der Waals surface area contributed by atoms with Crippen LogP contribution in [-0.4, -0.2) is 40.0 Å². The van der Waals surface area contributed by atoms with Gasteiger partial charge in [-0.2, -0.15) is 0 Å². The topological polar surface area (TPSA) is 104 Å². The smallest absolute Gasteiger partial charge is 0.261 e. The number of nitrogens with two attached hydrogens (primary N) is 1. The summed E-state index contributed by atoms with van der Waals surface area (Å²) in [7, 11) is 0. The molecule has 0 aliphatic carbocycles. The molecule has 0 radical (unpaired) electrons. The van der Waals surface area contributed by atoms with Crippen LogP contribution in [0.25, 0.3) is 0 Å². The number of hydrogen-bond donors (Lipinski definition) is 3. The van der Waals surface area contributed by atoms with Crippen LogP contribution < -0.4 is 5.73 Å². The molecule has 17 heavy (non-hydrogen) atoms. The van der Waals surface area contributed by atoms with Gasteiger partial charge in [0.2, 0.25) is 0 Å². The molecule has 2 rings (SSSR count). The SMILES string of the molecule is NCCCN1C(=O)c2cc(O)c(O)cc2C1=O. The number of nitrogens with zero attached hydrogens (tertiary/aromatic N) is 1. The molecule has 0 bridgehead atoms. The van der Waals surface area contributed by atoms with Gasteiger partial charge in [0.1, 0.15) is 0 Å². The highest BCUT2D eigenvalue weighted by atomic mass is 16.3. The van der Waals surface area contributed by atoms with Gasteiger partial charge in [0.15, 0.2) is 11.5 Å². The van der Waals surface area contributed by atoms with Crippen molar-refractivity contribution in [3.05, 3.63) is 23.3 Å². The number of aromatic hydroxyl groups is 2. The number of fused-ring (bicyclic) bond motifs is 1. The van der Waals surface area contributed by atoms with E-state index in [0.717, 1.165) is 17.0 Å². The van der Waals surface area contributed by atoms with Gasteiger partial charge < -0.3 is 15.9 Å². The zero-order valence-corrected chi connectivity index (χ0v) is 9.01. The predicted molar refractivity (Wildman–Crippen MR) is 58.8 cm³/mol. The van der Waals surface area contributed by atoms with Gasteiger partial charge in [-0.05, 0) is 25.1 Å². The van der Waals surface area contributed by atoms with Crippen LogP contribution >= 0.6 is 0 Å². The van der Waals surface area contributed by atoms with Crippen LogP contribution in [0.3, 0.4) is 0 Å². The van der Waals surface area contributed by atoms with Crippen LogP contribution in [0.1, 0.15) is 27.1 Å². The number of hydrogen-bond acceptors (Lipinski definition) is 5. The Hall–Kier alpha value is -2.08. The fraction of sp³-hybridized carbons (Fsp3) is 0.273. The van der Waals surface area contributed by atoms with Gasteiger partial charge in [-0.3, -0.25) is 14.5 Å². The monoisotopic (exact) mass is 236 g/mol. The molecular formula is C11H12N2O4. The molecular weight excluding hydrogens is 224 g/mol. The van der Waals surface area contributed by atoms with Crippen molar-refractivity contribution >= 4 is 11.8 Å². The predicted octanol–water partition coefficient (Wildman–Crippen LogP) is 0.0426. The molecule has 4 N–H and O–H groups in total. The minimum absolute atomic E-state index is 0.113. The summed E-state index contributed by atoms with van der Waals surface area (Å²) in [6.45, 7) is 0.619. The molecule has 1 aromatic carbocycles.